The van der Waals surface area contributed by atoms with Crippen LogP contribution in [0.25, 0.3) is 0 Å². The van der Waals surface area contributed by atoms with Crippen molar-refractivity contribution in [3.8, 4) is 0 Å². The second kappa shape index (κ2) is 39.3. The fraction of sp³-hybridized carbons (Fsp3) is 0.829. The van der Waals surface area contributed by atoms with Gasteiger partial charge in [-0.05, 0) is 47.5 Å². The number of carbonyl (C=O) groups excluding carboxylic acids is 6. The fourth-order valence-electron chi connectivity index (χ4n) is 3.19. The Morgan fingerprint density at radius 1 is 0.564 bits per heavy atom. The highest BCUT2D eigenvalue weighted by Gasteiger charge is 2.25. The number of alkyl halides is 3. The third-order valence-electron chi connectivity index (χ3n) is 5.42. The second-order valence-electron chi connectivity index (χ2n) is 12.2. The number of nitrogens with one attached hydrogen (secondary N) is 1. The molecule has 0 saturated carbocycles. The van der Waals surface area contributed by atoms with Gasteiger partial charge in [-0.15, -0.1) is 0 Å². The number of alkyl carbamates (subject to hydrolysis) is 1. The van der Waals surface area contributed by atoms with Gasteiger partial charge in [-0.25, -0.2) is 4.79 Å². The van der Waals surface area contributed by atoms with Crippen molar-refractivity contribution in [1.82, 2.24) is 5.32 Å². The molecule has 0 unspecified atom stereocenters. The van der Waals surface area contributed by atoms with E-state index in [4.69, 9.17) is 53.2 Å². The van der Waals surface area contributed by atoms with E-state index < -0.39 is 24.2 Å². The topological polar surface area (TPSA) is 224 Å². The first-order valence-electron chi connectivity index (χ1n) is 17.8. The van der Waals surface area contributed by atoms with E-state index >= 15 is 0 Å². The molecule has 0 aromatic carbocycles. The summed E-state index contributed by atoms with van der Waals surface area (Å²) in [6.07, 6.45) is -4.11. The molecule has 0 atom stereocenters. The van der Waals surface area contributed by atoms with Gasteiger partial charge in [-0.2, -0.15) is 13.2 Å². The summed E-state index contributed by atoms with van der Waals surface area (Å²) in [4.78, 5) is 64.4. The lowest BCUT2D eigenvalue weighted by Crippen LogP contribution is -2.34. The molecule has 0 radical (unpaired) electrons. The Hall–Kier alpha value is -2.95. The third-order valence-corrected chi connectivity index (χ3v) is 5.42. The summed E-state index contributed by atoms with van der Waals surface area (Å²) in [5.74, 6) is 0.0239. The van der Waals surface area contributed by atoms with Crippen LogP contribution in [0.4, 0.5) is 18.0 Å². The first-order chi connectivity index (χ1) is 25.9. The summed E-state index contributed by atoms with van der Waals surface area (Å²) in [5, 5.41) is 2.58. The second-order valence-corrected chi connectivity index (χ2v) is 12.2. The van der Waals surface area contributed by atoms with Gasteiger partial charge in [-0.3, -0.25) is 24.0 Å². The number of hydrogen-bond donors (Lipinski definition) is 2. The van der Waals surface area contributed by atoms with E-state index in [0.717, 1.165) is 0 Å². The molecule has 0 fully saturated rings. The molecule has 1 amide bonds. The van der Waals surface area contributed by atoms with Gasteiger partial charge < -0.3 is 53.7 Å². The highest BCUT2D eigenvalue weighted by molar-refractivity contribution is 5.80. The highest BCUT2D eigenvalue weighted by Crippen LogP contribution is 2.08. The average molecular weight is 809 g/mol. The Labute approximate surface area is 322 Å². The van der Waals surface area contributed by atoms with Crippen molar-refractivity contribution >= 4 is 35.5 Å². The lowest BCUT2D eigenvalue weighted by atomic mass is 10.2. The maximum Gasteiger partial charge on any atom is 0.446 e. The minimum Gasteiger partial charge on any atom is -0.444 e. The Morgan fingerprint density at radius 3 is 1.25 bits per heavy atom. The van der Waals surface area contributed by atoms with Crippen molar-refractivity contribution in [3.63, 3.8) is 0 Å². The maximum atomic E-state index is 11.6. The number of ether oxygens (including phenoxy) is 9. The number of amides is 1. The summed E-state index contributed by atoms with van der Waals surface area (Å²) in [5.41, 5.74) is 4.73. The maximum absolute atomic E-state index is 11.6. The van der Waals surface area contributed by atoms with E-state index in [0.29, 0.717) is 118 Å². The molecule has 0 aliphatic rings. The fourth-order valence-corrected chi connectivity index (χ4v) is 3.19. The van der Waals surface area contributed by atoms with Crippen LogP contribution < -0.4 is 11.1 Å². The largest absolute Gasteiger partial charge is 0.446 e. The minimum atomic E-state index is -4.64. The van der Waals surface area contributed by atoms with Crippen molar-refractivity contribution in [2.45, 2.75) is 72.1 Å². The molecule has 324 valence electrons. The molecule has 17 nitrogen and oxygen atoms in total. The van der Waals surface area contributed by atoms with Gasteiger partial charge in [0.25, 0.3) is 0 Å². The predicted molar refractivity (Wildman–Crippen MR) is 192 cm³/mol. The van der Waals surface area contributed by atoms with Crippen LogP contribution in [-0.2, 0) is 66.6 Å². The van der Waals surface area contributed by atoms with Gasteiger partial charge in [0.15, 0.2) is 23.1 Å². The summed E-state index contributed by atoms with van der Waals surface area (Å²) in [6.45, 7) is 14.4. The van der Waals surface area contributed by atoms with Crippen LogP contribution in [-0.4, -0.2) is 166 Å². The molecule has 0 aliphatic carbocycles. The van der Waals surface area contributed by atoms with Crippen LogP contribution >= 0.6 is 0 Å². The molecule has 3 N–H and O–H groups in total. The normalized spacial score (nSPS) is 11.1. The Balaban J connectivity index is -0.000000879. The highest BCUT2D eigenvalue weighted by atomic mass is 19.4. The van der Waals surface area contributed by atoms with Crippen molar-refractivity contribution < 1.29 is 84.6 Å². The van der Waals surface area contributed by atoms with Crippen LogP contribution in [0.2, 0.25) is 0 Å². The number of hydrogen-bond acceptors (Lipinski definition) is 16. The number of rotatable bonds is 33. The first-order valence-corrected chi connectivity index (χ1v) is 17.8. The molecule has 55 heavy (non-hydrogen) atoms. The molecule has 0 spiro atoms. The summed E-state index contributed by atoms with van der Waals surface area (Å²) in [6, 6.07) is 0. The summed E-state index contributed by atoms with van der Waals surface area (Å²) < 4.78 is 77.8. The van der Waals surface area contributed by atoms with Crippen LogP contribution in [0.1, 0.15) is 60.3 Å². The van der Waals surface area contributed by atoms with E-state index in [1.807, 2.05) is 0 Å². The zero-order chi connectivity index (χ0) is 42.2. The number of nitrogens with two attached hydrogens (primary N) is 1. The van der Waals surface area contributed by atoms with Gasteiger partial charge in [0.1, 0.15) is 32.0 Å². The molecular formula is C35H63F3N2O15. The van der Waals surface area contributed by atoms with Crippen molar-refractivity contribution in [3.05, 3.63) is 0 Å². The molecule has 0 heterocycles. The summed E-state index contributed by atoms with van der Waals surface area (Å²) in [7, 11) is 0. The molecule has 0 aromatic heterocycles. The smallest absolute Gasteiger partial charge is 0.444 e. The number of halogens is 3. The lowest BCUT2D eigenvalue weighted by Gasteiger charge is -2.19. The van der Waals surface area contributed by atoms with E-state index in [2.05, 4.69) is 5.32 Å². The van der Waals surface area contributed by atoms with Gasteiger partial charge in [0.2, 0.25) is 6.29 Å². The quantitative estimate of drug-likeness (QED) is 0.0716. The van der Waals surface area contributed by atoms with E-state index in [1.165, 1.54) is 13.8 Å². The minimum absolute atomic E-state index is 0.00280. The standard InChI is InChI=1S/C19H35NO8.C14H27NO6.C2HF3O/c1-16(21)14-26-12-10-24-8-5-6-17(22)15-27-13-11-25-9-7-20-18(23)28-19(2,3)4;1-13(16)11-20-9-7-18-5-2-3-14(17)12-21-10-8-19-6-4-15;3-2(4,5)1-6/h5-15H2,1-4H3,(H,20,23);2-12,15H2,1H3;1H. The zero-order valence-electron chi connectivity index (χ0n) is 33.0. The molecule has 0 saturated heterocycles. The molecule has 0 aromatic rings. The average Bonchev–Trinajstić information content (AvgIpc) is 3.09. The van der Waals surface area contributed by atoms with Crippen LogP contribution in [0.15, 0.2) is 0 Å². The Kier molecular flexibility index (Phi) is 40.3. The Morgan fingerprint density at radius 2 is 0.909 bits per heavy atom. The molecule has 0 bridgehead atoms. The zero-order valence-corrected chi connectivity index (χ0v) is 33.0. The molecular weight excluding hydrogens is 745 g/mol. The van der Waals surface area contributed by atoms with Crippen LogP contribution in [0, 0.1) is 0 Å². The van der Waals surface area contributed by atoms with Crippen LogP contribution in [0.5, 0.6) is 0 Å². The Bertz CT molecular complexity index is 997. The van der Waals surface area contributed by atoms with E-state index in [9.17, 15) is 37.1 Å². The summed E-state index contributed by atoms with van der Waals surface area (Å²) >= 11 is 0. The molecule has 20 heteroatoms. The predicted octanol–water partition coefficient (Wildman–Crippen LogP) is 2.21. The van der Waals surface area contributed by atoms with Crippen LogP contribution in [0.3, 0.4) is 0 Å². The lowest BCUT2D eigenvalue weighted by molar-refractivity contribution is -0.156. The van der Waals surface area contributed by atoms with Gasteiger partial charge >= 0.3 is 12.3 Å². The van der Waals surface area contributed by atoms with Gasteiger partial charge in [0.05, 0.1) is 66.1 Å². The number of carbonyl (C=O) groups is 6. The van der Waals surface area contributed by atoms with Crippen molar-refractivity contribution in [2.75, 3.05) is 119 Å². The van der Waals surface area contributed by atoms with Crippen molar-refractivity contribution in [2.24, 2.45) is 5.73 Å². The third kappa shape index (κ3) is 57.9. The molecule has 0 rings (SSSR count). The van der Waals surface area contributed by atoms with E-state index in [-0.39, 0.29) is 49.6 Å². The first kappa shape index (κ1) is 56.4. The van der Waals surface area contributed by atoms with Gasteiger partial charge in [0, 0.05) is 39.1 Å². The monoisotopic (exact) mass is 808 g/mol. The van der Waals surface area contributed by atoms with Crippen molar-refractivity contribution in [1.29, 1.82) is 0 Å². The number of aldehydes is 1. The number of ketones is 4. The van der Waals surface area contributed by atoms with Gasteiger partial charge in [-0.1, -0.05) is 0 Å². The number of Topliss-reactive ketones (excluding diaryl/α,β-unsaturated/α-hetero) is 4. The SMILES string of the molecule is CC(=O)COCCOCCCC(=O)COCCOCCN.CC(=O)COCCOCCCC(=O)COCCOCCNC(=O)OC(C)(C)C.O=CC(F)(F)F. The molecule has 0 aliphatic heterocycles. The van der Waals surface area contributed by atoms with E-state index in [1.54, 1.807) is 20.8 Å².